The molecule has 1 heterocycles. The van der Waals surface area contributed by atoms with E-state index in [1.807, 2.05) is 0 Å². The Hall–Kier alpha value is -0.830. The lowest BCUT2D eigenvalue weighted by Crippen LogP contribution is -1.95. The second-order valence-corrected chi connectivity index (χ2v) is 2.23. The molecule has 54 valence electrons. The summed E-state index contributed by atoms with van der Waals surface area (Å²) in [5.41, 5.74) is 1.27. The van der Waals surface area contributed by atoms with Crippen molar-refractivity contribution in [3.05, 3.63) is 17.5 Å². The number of Topliss-reactive ketones (excluding diaryl/α,β-unsaturated/α-hetero) is 1. The Bertz CT molecular complexity index is 244. The van der Waals surface area contributed by atoms with E-state index in [1.165, 1.54) is 6.92 Å². The maximum Gasteiger partial charge on any atom is 0.177 e. The molecular formula is C6H7ClN2O. The molecule has 0 aliphatic rings. The van der Waals surface area contributed by atoms with E-state index >= 15 is 0 Å². The third-order valence-electron chi connectivity index (χ3n) is 1.21. The van der Waals surface area contributed by atoms with Crippen LogP contribution in [0.25, 0.3) is 0 Å². The van der Waals surface area contributed by atoms with Gasteiger partial charge in [-0.2, -0.15) is 5.10 Å². The van der Waals surface area contributed by atoms with Crippen molar-refractivity contribution in [3.8, 4) is 0 Å². The normalized spacial score (nSPS) is 9.80. The van der Waals surface area contributed by atoms with E-state index in [4.69, 9.17) is 11.6 Å². The molecule has 1 rings (SSSR count). The molecule has 10 heavy (non-hydrogen) atoms. The molecule has 1 N–H and O–H groups in total. The van der Waals surface area contributed by atoms with Gasteiger partial charge in [0, 0.05) is 12.5 Å². The largest absolute Gasteiger partial charge is 0.293 e. The zero-order valence-corrected chi connectivity index (χ0v) is 6.27. The standard InChI is InChI=1S/C6H7ClN2O/c1-4(10)6-5(2-7)3-8-9-6/h3H,2H2,1H3,(H,8,9). The number of rotatable bonds is 2. The molecule has 0 saturated carbocycles. The summed E-state index contributed by atoms with van der Waals surface area (Å²) in [6, 6.07) is 0. The quantitative estimate of drug-likeness (QED) is 0.522. The van der Waals surface area contributed by atoms with Crippen molar-refractivity contribution in [2.24, 2.45) is 0 Å². The van der Waals surface area contributed by atoms with Gasteiger partial charge in [0.1, 0.15) is 5.69 Å². The summed E-state index contributed by atoms with van der Waals surface area (Å²) >= 11 is 5.51. The average Bonchev–Trinajstić information content (AvgIpc) is 2.33. The van der Waals surface area contributed by atoms with Crippen LogP contribution in [0, 0.1) is 0 Å². The number of aromatic nitrogens is 2. The molecule has 0 aliphatic heterocycles. The van der Waals surface area contributed by atoms with Crippen molar-refractivity contribution in [3.63, 3.8) is 0 Å². The van der Waals surface area contributed by atoms with Gasteiger partial charge >= 0.3 is 0 Å². The van der Waals surface area contributed by atoms with E-state index in [1.54, 1.807) is 6.20 Å². The maximum absolute atomic E-state index is 10.8. The first-order valence-electron chi connectivity index (χ1n) is 2.85. The number of ketones is 1. The van der Waals surface area contributed by atoms with Gasteiger partial charge in [-0.1, -0.05) is 0 Å². The number of halogens is 1. The summed E-state index contributed by atoms with van der Waals surface area (Å²) in [6.45, 7) is 1.48. The summed E-state index contributed by atoms with van der Waals surface area (Å²) in [6.07, 6.45) is 1.56. The Balaban J connectivity index is 3.01. The second kappa shape index (κ2) is 2.84. The second-order valence-electron chi connectivity index (χ2n) is 1.96. The molecule has 0 amide bonds. The fourth-order valence-electron chi connectivity index (χ4n) is 0.717. The summed E-state index contributed by atoms with van der Waals surface area (Å²) in [7, 11) is 0. The van der Waals surface area contributed by atoms with E-state index in [2.05, 4.69) is 10.2 Å². The Morgan fingerprint density at radius 3 is 3.00 bits per heavy atom. The van der Waals surface area contributed by atoms with Crippen LogP contribution in [0.4, 0.5) is 0 Å². The molecule has 0 atom stereocenters. The smallest absolute Gasteiger partial charge is 0.177 e. The summed E-state index contributed by atoms with van der Waals surface area (Å²) in [5, 5.41) is 6.26. The molecule has 0 fully saturated rings. The van der Waals surface area contributed by atoms with Crippen LogP contribution in [-0.2, 0) is 5.88 Å². The average molecular weight is 159 g/mol. The van der Waals surface area contributed by atoms with E-state index in [-0.39, 0.29) is 5.78 Å². The number of carbonyl (C=O) groups excluding carboxylic acids is 1. The number of alkyl halides is 1. The van der Waals surface area contributed by atoms with Crippen molar-refractivity contribution < 1.29 is 4.79 Å². The highest BCUT2D eigenvalue weighted by Crippen LogP contribution is 2.07. The van der Waals surface area contributed by atoms with Crippen molar-refractivity contribution in [2.45, 2.75) is 12.8 Å². The lowest BCUT2D eigenvalue weighted by atomic mass is 10.2. The fraction of sp³-hybridized carbons (Fsp3) is 0.333. The minimum Gasteiger partial charge on any atom is -0.293 e. The monoisotopic (exact) mass is 158 g/mol. The molecule has 1 aromatic rings. The van der Waals surface area contributed by atoms with Crippen molar-refractivity contribution >= 4 is 17.4 Å². The van der Waals surface area contributed by atoms with E-state index in [0.29, 0.717) is 11.6 Å². The fourth-order valence-corrected chi connectivity index (χ4v) is 0.920. The van der Waals surface area contributed by atoms with Crippen molar-refractivity contribution in [2.75, 3.05) is 0 Å². The van der Waals surface area contributed by atoms with Gasteiger partial charge in [0.25, 0.3) is 0 Å². The predicted molar refractivity (Wildman–Crippen MR) is 38.1 cm³/mol. The van der Waals surface area contributed by atoms with Crippen molar-refractivity contribution in [1.82, 2.24) is 10.2 Å². The maximum atomic E-state index is 10.8. The molecule has 4 heteroatoms. The zero-order chi connectivity index (χ0) is 7.56. The van der Waals surface area contributed by atoms with Gasteiger partial charge in [0.2, 0.25) is 0 Å². The SMILES string of the molecule is CC(=O)c1[nH]ncc1CCl. The molecule has 0 bridgehead atoms. The molecule has 0 aromatic carbocycles. The van der Waals surface area contributed by atoms with Gasteiger partial charge in [0.15, 0.2) is 5.78 Å². The zero-order valence-electron chi connectivity index (χ0n) is 5.52. The molecule has 3 nitrogen and oxygen atoms in total. The Morgan fingerprint density at radius 2 is 2.60 bits per heavy atom. The molecule has 0 saturated heterocycles. The molecule has 1 aromatic heterocycles. The first-order chi connectivity index (χ1) is 4.75. The summed E-state index contributed by atoms with van der Waals surface area (Å²) < 4.78 is 0. The van der Waals surface area contributed by atoms with Crippen LogP contribution in [0.15, 0.2) is 6.20 Å². The van der Waals surface area contributed by atoms with Crippen molar-refractivity contribution in [1.29, 1.82) is 0 Å². The topological polar surface area (TPSA) is 45.8 Å². The van der Waals surface area contributed by atoms with Crippen LogP contribution in [0.5, 0.6) is 0 Å². The molecule has 0 unspecified atom stereocenters. The highest BCUT2D eigenvalue weighted by molar-refractivity contribution is 6.17. The number of nitrogens with zero attached hydrogens (tertiary/aromatic N) is 1. The van der Waals surface area contributed by atoms with Gasteiger partial charge in [-0.15, -0.1) is 11.6 Å². The Kier molecular flexibility index (Phi) is 2.06. The number of hydrogen-bond donors (Lipinski definition) is 1. The highest BCUT2D eigenvalue weighted by atomic mass is 35.5. The van der Waals surface area contributed by atoms with Crippen LogP contribution in [0.1, 0.15) is 23.0 Å². The van der Waals surface area contributed by atoms with Gasteiger partial charge < -0.3 is 0 Å². The van der Waals surface area contributed by atoms with Crippen LogP contribution in [-0.4, -0.2) is 16.0 Å². The van der Waals surface area contributed by atoms with E-state index in [0.717, 1.165) is 5.56 Å². The van der Waals surface area contributed by atoms with E-state index in [9.17, 15) is 4.79 Å². The number of nitrogens with one attached hydrogen (secondary N) is 1. The number of hydrogen-bond acceptors (Lipinski definition) is 2. The van der Waals surface area contributed by atoms with Crippen LogP contribution in [0.3, 0.4) is 0 Å². The Labute approximate surface area is 63.4 Å². The number of carbonyl (C=O) groups is 1. The molecular weight excluding hydrogens is 152 g/mol. The summed E-state index contributed by atoms with van der Waals surface area (Å²) in [5.74, 6) is 0.291. The van der Waals surface area contributed by atoms with Gasteiger partial charge in [-0.05, 0) is 0 Å². The summed E-state index contributed by atoms with van der Waals surface area (Å²) in [4.78, 5) is 10.8. The third-order valence-corrected chi connectivity index (χ3v) is 1.50. The van der Waals surface area contributed by atoms with Crippen LogP contribution >= 0.6 is 11.6 Å². The number of aromatic amines is 1. The lowest BCUT2D eigenvalue weighted by Gasteiger charge is -1.90. The first-order valence-corrected chi connectivity index (χ1v) is 3.38. The minimum absolute atomic E-state index is 0.0341. The Morgan fingerprint density at radius 1 is 1.90 bits per heavy atom. The van der Waals surface area contributed by atoms with Gasteiger partial charge in [-0.25, -0.2) is 0 Å². The van der Waals surface area contributed by atoms with Crippen LogP contribution in [0.2, 0.25) is 0 Å². The predicted octanol–water partition coefficient (Wildman–Crippen LogP) is 1.35. The highest BCUT2D eigenvalue weighted by Gasteiger charge is 2.06. The third kappa shape index (κ3) is 1.19. The molecule has 0 radical (unpaired) electrons. The van der Waals surface area contributed by atoms with Gasteiger partial charge in [0.05, 0.1) is 12.1 Å². The lowest BCUT2D eigenvalue weighted by molar-refractivity contribution is 0.101. The van der Waals surface area contributed by atoms with Gasteiger partial charge in [-0.3, -0.25) is 9.89 Å². The number of H-pyrrole nitrogens is 1. The molecule has 0 spiro atoms. The van der Waals surface area contributed by atoms with E-state index < -0.39 is 0 Å². The minimum atomic E-state index is -0.0341. The molecule has 0 aliphatic carbocycles. The first kappa shape index (κ1) is 7.28. The van der Waals surface area contributed by atoms with Crippen LogP contribution < -0.4 is 0 Å².